The third-order valence-corrected chi connectivity index (χ3v) is 6.43. The van der Waals surface area contributed by atoms with Crippen LogP contribution in [-0.4, -0.2) is 41.0 Å². The van der Waals surface area contributed by atoms with Crippen LogP contribution in [0.4, 0.5) is 5.82 Å². The van der Waals surface area contributed by atoms with Crippen molar-refractivity contribution in [1.29, 1.82) is 0 Å². The molecular formula is C23H21ClN4S. The van der Waals surface area contributed by atoms with Gasteiger partial charge in [0.05, 0.1) is 5.39 Å². The summed E-state index contributed by atoms with van der Waals surface area (Å²) in [5, 5.41) is 3.60. The lowest BCUT2D eigenvalue weighted by molar-refractivity contribution is 0.249. The van der Waals surface area contributed by atoms with Crippen molar-refractivity contribution >= 4 is 39.0 Å². The van der Waals surface area contributed by atoms with Crippen LogP contribution in [0.5, 0.6) is 0 Å². The lowest BCUT2D eigenvalue weighted by Gasteiger charge is -2.35. The Balaban J connectivity index is 1.42. The number of thiophene rings is 1. The maximum Gasteiger partial charge on any atom is 0.225 e. The smallest absolute Gasteiger partial charge is 0.225 e. The van der Waals surface area contributed by atoms with E-state index in [1.807, 2.05) is 6.07 Å². The monoisotopic (exact) mass is 420 g/mol. The lowest BCUT2D eigenvalue weighted by Crippen LogP contribution is -2.46. The highest BCUT2D eigenvalue weighted by Crippen LogP contribution is 2.39. The predicted molar refractivity (Wildman–Crippen MR) is 122 cm³/mol. The van der Waals surface area contributed by atoms with E-state index in [1.165, 1.54) is 16.7 Å². The molecule has 1 aliphatic heterocycles. The summed E-state index contributed by atoms with van der Waals surface area (Å²) in [6, 6.07) is 21.1. The molecule has 0 bridgehead atoms. The van der Waals surface area contributed by atoms with Gasteiger partial charge in [-0.1, -0.05) is 60.7 Å². The maximum absolute atomic E-state index is 6.28. The lowest BCUT2D eigenvalue weighted by atomic mass is 10.1. The molecule has 0 unspecified atom stereocenters. The van der Waals surface area contributed by atoms with E-state index >= 15 is 0 Å². The highest BCUT2D eigenvalue weighted by Gasteiger charge is 2.23. The van der Waals surface area contributed by atoms with E-state index in [1.54, 1.807) is 11.3 Å². The molecule has 0 spiro atoms. The number of halogens is 1. The minimum Gasteiger partial charge on any atom is -0.353 e. The summed E-state index contributed by atoms with van der Waals surface area (Å²) < 4.78 is 0. The van der Waals surface area contributed by atoms with Crippen LogP contribution in [0.3, 0.4) is 0 Å². The van der Waals surface area contributed by atoms with Gasteiger partial charge in [-0.05, 0) is 22.7 Å². The third-order valence-electron chi connectivity index (χ3n) is 5.39. The average molecular weight is 421 g/mol. The van der Waals surface area contributed by atoms with Crippen molar-refractivity contribution in [3.8, 4) is 11.1 Å². The van der Waals surface area contributed by atoms with Crippen LogP contribution in [0.2, 0.25) is 5.28 Å². The molecule has 0 radical (unpaired) electrons. The van der Waals surface area contributed by atoms with Crippen molar-refractivity contribution in [2.75, 3.05) is 31.1 Å². The molecule has 0 N–H and O–H groups in total. The van der Waals surface area contributed by atoms with Gasteiger partial charge in [-0.3, -0.25) is 4.90 Å². The summed E-state index contributed by atoms with van der Waals surface area (Å²) in [5.41, 5.74) is 3.73. The minimum atomic E-state index is 0.320. The Kier molecular flexibility index (Phi) is 5.19. The molecule has 2 aromatic carbocycles. The van der Waals surface area contributed by atoms with Gasteiger partial charge in [-0.25, -0.2) is 4.98 Å². The highest BCUT2D eigenvalue weighted by molar-refractivity contribution is 7.17. The van der Waals surface area contributed by atoms with Crippen molar-refractivity contribution in [3.05, 3.63) is 76.9 Å². The first-order chi connectivity index (χ1) is 14.3. The first-order valence-corrected chi connectivity index (χ1v) is 11.0. The van der Waals surface area contributed by atoms with Crippen molar-refractivity contribution in [3.63, 3.8) is 0 Å². The minimum absolute atomic E-state index is 0.320. The van der Waals surface area contributed by atoms with E-state index in [-0.39, 0.29) is 0 Å². The van der Waals surface area contributed by atoms with Crippen LogP contribution < -0.4 is 4.90 Å². The summed E-state index contributed by atoms with van der Waals surface area (Å²) >= 11 is 7.91. The van der Waals surface area contributed by atoms with Gasteiger partial charge < -0.3 is 4.90 Å². The SMILES string of the molecule is Clc1nc(N2CCN(Cc3ccccc3)CC2)c2c(-c3ccccc3)csc2n1. The van der Waals surface area contributed by atoms with E-state index in [2.05, 4.69) is 79.7 Å². The summed E-state index contributed by atoms with van der Waals surface area (Å²) in [5.74, 6) is 0.958. The molecule has 0 aliphatic carbocycles. The Morgan fingerprint density at radius 2 is 1.55 bits per heavy atom. The van der Waals surface area contributed by atoms with Gasteiger partial charge in [0.15, 0.2) is 0 Å². The maximum atomic E-state index is 6.28. The number of nitrogens with zero attached hydrogens (tertiary/aromatic N) is 4. The van der Waals surface area contributed by atoms with Gasteiger partial charge in [0.25, 0.3) is 0 Å². The normalized spacial score (nSPS) is 15.1. The van der Waals surface area contributed by atoms with E-state index in [0.29, 0.717) is 5.28 Å². The topological polar surface area (TPSA) is 32.3 Å². The average Bonchev–Trinajstić information content (AvgIpc) is 3.19. The second kappa shape index (κ2) is 8.11. The Labute approximate surface area is 179 Å². The van der Waals surface area contributed by atoms with Gasteiger partial charge in [0, 0.05) is 43.7 Å². The number of hydrogen-bond acceptors (Lipinski definition) is 5. The second-order valence-electron chi connectivity index (χ2n) is 7.26. The third kappa shape index (κ3) is 3.86. The van der Waals surface area contributed by atoms with Crippen molar-refractivity contribution in [2.45, 2.75) is 6.54 Å². The molecule has 1 fully saturated rings. The number of fused-ring (bicyclic) bond motifs is 1. The summed E-state index contributed by atoms with van der Waals surface area (Å²) in [7, 11) is 0. The number of hydrogen-bond donors (Lipinski definition) is 0. The quantitative estimate of drug-likeness (QED) is 0.417. The molecule has 3 heterocycles. The summed E-state index contributed by atoms with van der Waals surface area (Å²) in [6.45, 7) is 4.85. The molecule has 1 saturated heterocycles. The standard InChI is InChI=1S/C23H21ClN4S/c24-23-25-21(20-19(16-29-22(20)26-23)18-9-5-2-6-10-18)28-13-11-27(12-14-28)15-17-7-3-1-4-8-17/h1-10,16H,11-15H2. The molecule has 2 aromatic heterocycles. The van der Waals surface area contributed by atoms with Crippen LogP contribution in [0.15, 0.2) is 66.0 Å². The Morgan fingerprint density at radius 1 is 0.862 bits per heavy atom. The fraction of sp³-hybridized carbons (Fsp3) is 0.217. The van der Waals surface area contributed by atoms with Crippen molar-refractivity contribution in [1.82, 2.24) is 14.9 Å². The van der Waals surface area contributed by atoms with Gasteiger partial charge in [-0.15, -0.1) is 11.3 Å². The molecule has 4 aromatic rings. The molecule has 6 heteroatoms. The van der Waals surface area contributed by atoms with Crippen LogP contribution in [-0.2, 0) is 6.54 Å². The number of benzene rings is 2. The van der Waals surface area contributed by atoms with Crippen molar-refractivity contribution < 1.29 is 0 Å². The number of anilines is 1. The van der Waals surface area contributed by atoms with Crippen LogP contribution >= 0.6 is 22.9 Å². The van der Waals surface area contributed by atoms with Gasteiger partial charge in [0.2, 0.25) is 5.28 Å². The van der Waals surface area contributed by atoms with Gasteiger partial charge >= 0.3 is 0 Å². The molecule has 0 saturated carbocycles. The van der Waals surface area contributed by atoms with Crippen LogP contribution in [0, 0.1) is 0 Å². The fourth-order valence-corrected chi connectivity index (χ4v) is 5.07. The number of aromatic nitrogens is 2. The zero-order chi connectivity index (χ0) is 19.6. The van der Waals surface area contributed by atoms with Crippen LogP contribution in [0.25, 0.3) is 21.3 Å². The highest BCUT2D eigenvalue weighted by atomic mass is 35.5. The zero-order valence-electron chi connectivity index (χ0n) is 16.0. The van der Waals surface area contributed by atoms with Crippen LogP contribution in [0.1, 0.15) is 5.56 Å². The Bertz CT molecular complexity index is 1110. The molecular weight excluding hydrogens is 400 g/mol. The molecule has 29 heavy (non-hydrogen) atoms. The van der Waals surface area contributed by atoms with E-state index in [0.717, 1.165) is 48.8 Å². The summed E-state index contributed by atoms with van der Waals surface area (Å²) in [6.07, 6.45) is 0. The molecule has 1 aliphatic rings. The van der Waals surface area contributed by atoms with Crippen molar-refractivity contribution in [2.24, 2.45) is 0 Å². The molecule has 0 atom stereocenters. The molecule has 4 nitrogen and oxygen atoms in total. The molecule has 0 amide bonds. The Morgan fingerprint density at radius 3 is 2.28 bits per heavy atom. The second-order valence-corrected chi connectivity index (χ2v) is 8.46. The molecule has 5 rings (SSSR count). The zero-order valence-corrected chi connectivity index (χ0v) is 17.5. The molecule has 146 valence electrons. The first-order valence-electron chi connectivity index (χ1n) is 9.79. The largest absolute Gasteiger partial charge is 0.353 e. The first kappa shape index (κ1) is 18.6. The van der Waals surface area contributed by atoms with E-state index in [4.69, 9.17) is 11.6 Å². The van der Waals surface area contributed by atoms with Gasteiger partial charge in [0.1, 0.15) is 10.6 Å². The summed E-state index contributed by atoms with van der Waals surface area (Å²) in [4.78, 5) is 14.9. The van der Waals surface area contributed by atoms with E-state index in [9.17, 15) is 0 Å². The van der Waals surface area contributed by atoms with Gasteiger partial charge in [-0.2, -0.15) is 4.98 Å². The predicted octanol–water partition coefficient (Wildman–Crippen LogP) is 5.33. The Hall–Kier alpha value is -2.47. The fourth-order valence-electron chi connectivity index (χ4n) is 3.92. The van der Waals surface area contributed by atoms with E-state index < -0.39 is 0 Å². The number of rotatable bonds is 4. The number of piperazine rings is 1.